The minimum absolute atomic E-state index is 0.198. The molecule has 1 saturated heterocycles. The minimum Gasteiger partial charge on any atom is -0.392 e. The molecule has 1 unspecified atom stereocenters. The van der Waals surface area contributed by atoms with Crippen LogP contribution in [0.2, 0.25) is 0 Å². The number of nitrogens with zero attached hydrogens (tertiary/aromatic N) is 2. The average molecular weight is 347 g/mol. The van der Waals surface area contributed by atoms with Gasteiger partial charge in [0.1, 0.15) is 11.5 Å². The molecule has 0 spiro atoms. The number of carbonyl (C=O) groups is 1. The Balaban J connectivity index is 1.36. The average Bonchev–Trinajstić information content (AvgIpc) is 3.22. The maximum Gasteiger partial charge on any atom is 0.223 e. The van der Waals surface area contributed by atoms with Gasteiger partial charge in [0.2, 0.25) is 5.91 Å². The van der Waals surface area contributed by atoms with Gasteiger partial charge in [-0.05, 0) is 32.1 Å². The molecule has 1 aromatic heterocycles. The first-order valence-corrected chi connectivity index (χ1v) is 9.86. The van der Waals surface area contributed by atoms with Crippen LogP contribution in [0, 0.1) is 5.92 Å². The van der Waals surface area contributed by atoms with E-state index >= 15 is 0 Å². The summed E-state index contributed by atoms with van der Waals surface area (Å²) in [7, 11) is 0. The summed E-state index contributed by atoms with van der Waals surface area (Å²) in [6, 6.07) is 0.198. The molecule has 138 valence electrons. The lowest BCUT2D eigenvalue weighted by Crippen LogP contribution is -2.42. The van der Waals surface area contributed by atoms with Crippen molar-refractivity contribution in [3.8, 4) is 0 Å². The summed E-state index contributed by atoms with van der Waals surface area (Å²) in [4.78, 5) is 14.8. The van der Waals surface area contributed by atoms with Crippen LogP contribution in [-0.4, -0.2) is 46.3 Å². The minimum atomic E-state index is -0.217. The zero-order valence-electron chi connectivity index (χ0n) is 14.9. The first kappa shape index (κ1) is 17.0. The predicted molar refractivity (Wildman–Crippen MR) is 92.9 cm³/mol. The number of nitrogens with one attached hydrogen (secondary N) is 1. The highest BCUT2D eigenvalue weighted by Gasteiger charge is 2.30. The normalized spacial score (nSPS) is 28.0. The molecule has 0 bridgehead atoms. The smallest absolute Gasteiger partial charge is 0.223 e. The van der Waals surface area contributed by atoms with E-state index in [1.807, 2.05) is 0 Å². The second-order valence-corrected chi connectivity index (χ2v) is 7.99. The number of amides is 1. The molecule has 1 aromatic rings. The van der Waals surface area contributed by atoms with Gasteiger partial charge < -0.3 is 14.9 Å². The van der Waals surface area contributed by atoms with Crippen molar-refractivity contribution in [2.45, 2.75) is 76.5 Å². The van der Waals surface area contributed by atoms with E-state index in [4.69, 9.17) is 4.52 Å². The van der Waals surface area contributed by atoms with E-state index in [0.717, 1.165) is 63.1 Å². The fourth-order valence-electron chi connectivity index (χ4n) is 4.56. The Morgan fingerprint density at radius 3 is 2.84 bits per heavy atom. The fourth-order valence-corrected chi connectivity index (χ4v) is 4.56. The predicted octanol–water partition coefficient (Wildman–Crippen LogP) is 1.79. The van der Waals surface area contributed by atoms with Crippen molar-refractivity contribution >= 4 is 5.91 Å². The van der Waals surface area contributed by atoms with Crippen LogP contribution in [0.25, 0.3) is 0 Å². The van der Waals surface area contributed by atoms with Gasteiger partial charge in [0.15, 0.2) is 0 Å². The van der Waals surface area contributed by atoms with Crippen molar-refractivity contribution in [1.29, 1.82) is 0 Å². The largest absolute Gasteiger partial charge is 0.392 e. The van der Waals surface area contributed by atoms with E-state index in [1.165, 1.54) is 24.8 Å². The maximum absolute atomic E-state index is 12.5. The topological polar surface area (TPSA) is 78.6 Å². The number of fused-ring (bicyclic) bond motifs is 1. The van der Waals surface area contributed by atoms with Crippen LogP contribution in [-0.2, 0) is 24.2 Å². The Labute approximate surface area is 148 Å². The van der Waals surface area contributed by atoms with Crippen molar-refractivity contribution in [3.63, 3.8) is 0 Å². The van der Waals surface area contributed by atoms with Crippen molar-refractivity contribution < 1.29 is 14.4 Å². The maximum atomic E-state index is 12.5. The number of hydrogen-bond acceptors (Lipinski definition) is 5. The van der Waals surface area contributed by atoms with E-state index < -0.39 is 0 Å². The van der Waals surface area contributed by atoms with Crippen LogP contribution in [0.3, 0.4) is 0 Å². The van der Waals surface area contributed by atoms with Gasteiger partial charge in [0, 0.05) is 43.6 Å². The van der Waals surface area contributed by atoms with Crippen LogP contribution < -0.4 is 5.32 Å². The standard InChI is InChI=1S/C19H29N3O3/c23-15-8-9-22(11-15)12-17-16-10-14(6-7-18(16)25-21-17)20-19(24)13-4-2-1-3-5-13/h13-15,23H,1-12H2,(H,20,24)/t14?,15-/m1/s1. The third-order valence-electron chi connectivity index (χ3n) is 6.06. The fraction of sp³-hybridized carbons (Fsp3) is 0.789. The molecule has 6 nitrogen and oxygen atoms in total. The number of aromatic nitrogens is 1. The van der Waals surface area contributed by atoms with Crippen molar-refractivity contribution in [2.75, 3.05) is 13.1 Å². The number of rotatable bonds is 4. The molecule has 2 aliphatic carbocycles. The summed E-state index contributed by atoms with van der Waals surface area (Å²) >= 11 is 0. The van der Waals surface area contributed by atoms with Crippen molar-refractivity contribution in [3.05, 3.63) is 17.0 Å². The van der Waals surface area contributed by atoms with E-state index in [0.29, 0.717) is 6.54 Å². The summed E-state index contributed by atoms with van der Waals surface area (Å²) in [5.74, 6) is 1.44. The zero-order chi connectivity index (χ0) is 17.2. The lowest BCUT2D eigenvalue weighted by atomic mass is 9.87. The van der Waals surface area contributed by atoms with Crippen LogP contribution >= 0.6 is 0 Å². The van der Waals surface area contributed by atoms with Gasteiger partial charge in [-0.15, -0.1) is 0 Å². The second-order valence-electron chi connectivity index (χ2n) is 7.99. The molecule has 1 amide bonds. The monoisotopic (exact) mass is 347 g/mol. The van der Waals surface area contributed by atoms with Gasteiger partial charge in [-0.2, -0.15) is 0 Å². The first-order chi connectivity index (χ1) is 12.2. The highest BCUT2D eigenvalue weighted by Crippen LogP contribution is 2.28. The number of hydrogen-bond donors (Lipinski definition) is 2. The van der Waals surface area contributed by atoms with Crippen LogP contribution in [0.4, 0.5) is 0 Å². The number of aryl methyl sites for hydroxylation is 1. The molecular weight excluding hydrogens is 318 g/mol. The van der Waals surface area contributed by atoms with E-state index in [2.05, 4.69) is 15.4 Å². The molecular formula is C19H29N3O3. The number of carbonyl (C=O) groups excluding carboxylic acids is 1. The quantitative estimate of drug-likeness (QED) is 0.868. The summed E-state index contributed by atoms with van der Waals surface area (Å²) < 4.78 is 5.54. The summed E-state index contributed by atoms with van der Waals surface area (Å²) in [6.07, 6.45) is 8.94. The van der Waals surface area contributed by atoms with Crippen molar-refractivity contribution in [2.24, 2.45) is 5.92 Å². The number of aliphatic hydroxyl groups excluding tert-OH is 1. The molecule has 6 heteroatoms. The molecule has 2 heterocycles. The third kappa shape index (κ3) is 3.90. The summed E-state index contributed by atoms with van der Waals surface area (Å²) in [5.41, 5.74) is 2.17. The molecule has 2 N–H and O–H groups in total. The Bertz CT molecular complexity index is 609. The number of likely N-dealkylation sites (tertiary alicyclic amines) is 1. The van der Waals surface area contributed by atoms with E-state index in [1.54, 1.807) is 0 Å². The molecule has 25 heavy (non-hydrogen) atoms. The molecule has 3 aliphatic rings. The van der Waals surface area contributed by atoms with E-state index in [9.17, 15) is 9.90 Å². The Hall–Kier alpha value is -1.40. The van der Waals surface area contributed by atoms with Gasteiger partial charge >= 0.3 is 0 Å². The lowest BCUT2D eigenvalue weighted by Gasteiger charge is -2.27. The zero-order valence-corrected chi connectivity index (χ0v) is 14.9. The molecule has 2 atom stereocenters. The van der Waals surface area contributed by atoms with E-state index in [-0.39, 0.29) is 24.0 Å². The Kier molecular flexibility index (Phi) is 5.08. The second kappa shape index (κ2) is 7.46. The van der Waals surface area contributed by atoms with Gasteiger partial charge in [0.25, 0.3) is 0 Å². The first-order valence-electron chi connectivity index (χ1n) is 9.86. The molecule has 0 aromatic carbocycles. The summed E-state index contributed by atoms with van der Waals surface area (Å²) in [5, 5.41) is 17.3. The Morgan fingerprint density at radius 2 is 2.08 bits per heavy atom. The molecule has 2 fully saturated rings. The lowest BCUT2D eigenvalue weighted by molar-refractivity contribution is -0.126. The molecule has 4 rings (SSSR count). The van der Waals surface area contributed by atoms with Crippen LogP contribution in [0.15, 0.2) is 4.52 Å². The number of β-amino-alcohol motifs (C(OH)–C–C–N with tert-alkyl or cyclic N) is 1. The number of aliphatic hydroxyl groups is 1. The molecule has 1 saturated carbocycles. The van der Waals surface area contributed by atoms with Crippen LogP contribution in [0.5, 0.6) is 0 Å². The molecule has 1 aliphatic heterocycles. The van der Waals surface area contributed by atoms with Gasteiger partial charge in [-0.1, -0.05) is 24.4 Å². The SMILES string of the molecule is O=C(NC1CCc2onc(CN3CC[C@@H](O)C3)c2C1)C1CCCCC1. The van der Waals surface area contributed by atoms with Crippen molar-refractivity contribution in [1.82, 2.24) is 15.4 Å². The Morgan fingerprint density at radius 1 is 1.24 bits per heavy atom. The van der Waals surface area contributed by atoms with Gasteiger partial charge in [-0.25, -0.2) is 0 Å². The van der Waals surface area contributed by atoms with Crippen LogP contribution in [0.1, 0.15) is 62.0 Å². The third-order valence-corrected chi connectivity index (χ3v) is 6.06. The highest BCUT2D eigenvalue weighted by molar-refractivity contribution is 5.79. The highest BCUT2D eigenvalue weighted by atomic mass is 16.5. The van der Waals surface area contributed by atoms with Gasteiger partial charge in [-0.3, -0.25) is 9.69 Å². The summed E-state index contributed by atoms with van der Waals surface area (Å²) in [6.45, 7) is 2.35. The molecule has 0 radical (unpaired) electrons. The van der Waals surface area contributed by atoms with Gasteiger partial charge in [0.05, 0.1) is 6.10 Å².